The number of carbonyl (C=O) groups is 2. The Hall–Kier alpha value is -4.12. The zero-order valence-electron chi connectivity index (χ0n) is 25.6. The number of nitrogens with zero attached hydrogens (tertiary/aromatic N) is 2. The topological polar surface area (TPSA) is 105 Å². The van der Waals surface area contributed by atoms with Gasteiger partial charge >= 0.3 is 0 Å². The van der Waals surface area contributed by atoms with Crippen molar-refractivity contribution in [3.8, 4) is 11.5 Å². The van der Waals surface area contributed by atoms with E-state index in [2.05, 4.69) is 5.32 Å². The van der Waals surface area contributed by atoms with Gasteiger partial charge < -0.3 is 19.7 Å². The number of nitrogens with one attached hydrogen (secondary N) is 1. The molecule has 0 heterocycles. The van der Waals surface area contributed by atoms with Crippen molar-refractivity contribution in [3.63, 3.8) is 0 Å². The Morgan fingerprint density at radius 2 is 1.66 bits per heavy atom. The number of hydrogen-bond acceptors (Lipinski definition) is 6. The fraction of sp³-hybridized carbons (Fsp3) is 0.394. The molecule has 3 aromatic rings. The van der Waals surface area contributed by atoms with Crippen molar-refractivity contribution in [2.75, 3.05) is 25.1 Å². The molecule has 0 saturated heterocycles. The maximum absolute atomic E-state index is 14.2. The molecule has 9 nitrogen and oxygen atoms in total. The smallest absolute Gasteiger partial charge is 0.264 e. The summed E-state index contributed by atoms with van der Waals surface area (Å²) in [5.41, 5.74) is 1.89. The van der Waals surface area contributed by atoms with Crippen molar-refractivity contribution in [3.05, 3.63) is 83.7 Å². The first kappa shape index (κ1) is 32.8. The molecule has 0 radical (unpaired) electrons. The molecular weight excluding hydrogens is 585 g/mol. The third-order valence-corrected chi connectivity index (χ3v) is 9.63. The molecule has 236 valence electrons. The summed E-state index contributed by atoms with van der Waals surface area (Å²) in [6.07, 6.45) is 4.17. The zero-order chi connectivity index (χ0) is 31.9. The lowest BCUT2D eigenvalue weighted by atomic mass is 10.1. The van der Waals surface area contributed by atoms with Gasteiger partial charge in [0.05, 0.1) is 24.8 Å². The van der Waals surface area contributed by atoms with Crippen LogP contribution in [0.15, 0.2) is 71.6 Å². The molecule has 1 N–H and O–H groups in total. The molecule has 0 spiro atoms. The normalized spacial score (nSPS) is 14.1. The van der Waals surface area contributed by atoms with Crippen LogP contribution in [0.1, 0.15) is 50.2 Å². The van der Waals surface area contributed by atoms with Gasteiger partial charge in [-0.3, -0.25) is 13.9 Å². The summed E-state index contributed by atoms with van der Waals surface area (Å²) in [6, 6.07) is 15.8. The van der Waals surface area contributed by atoms with Crippen LogP contribution in [0.4, 0.5) is 10.1 Å². The van der Waals surface area contributed by atoms with Crippen LogP contribution in [0.2, 0.25) is 0 Å². The van der Waals surface area contributed by atoms with Crippen LogP contribution in [0.25, 0.3) is 0 Å². The van der Waals surface area contributed by atoms with Gasteiger partial charge in [-0.25, -0.2) is 12.8 Å². The number of halogens is 1. The van der Waals surface area contributed by atoms with E-state index in [0.29, 0.717) is 12.2 Å². The summed E-state index contributed by atoms with van der Waals surface area (Å²) < 4.78 is 53.7. The lowest BCUT2D eigenvalue weighted by molar-refractivity contribution is -0.140. The van der Waals surface area contributed by atoms with Crippen molar-refractivity contribution in [1.82, 2.24) is 10.2 Å². The number of methoxy groups -OCH3 is 2. The van der Waals surface area contributed by atoms with Crippen molar-refractivity contribution in [2.24, 2.45) is 0 Å². The van der Waals surface area contributed by atoms with Crippen molar-refractivity contribution in [1.29, 1.82) is 0 Å². The van der Waals surface area contributed by atoms with Crippen molar-refractivity contribution < 1.29 is 31.9 Å². The summed E-state index contributed by atoms with van der Waals surface area (Å²) >= 11 is 0. The Kier molecular flexibility index (Phi) is 10.9. The Balaban J connectivity index is 1.74. The van der Waals surface area contributed by atoms with Gasteiger partial charge in [-0.15, -0.1) is 0 Å². The summed E-state index contributed by atoms with van der Waals surface area (Å²) in [7, 11) is -1.55. The highest BCUT2D eigenvalue weighted by Crippen LogP contribution is 2.32. The molecule has 1 atom stereocenters. The van der Waals surface area contributed by atoms with E-state index < -0.39 is 34.3 Å². The van der Waals surface area contributed by atoms with E-state index in [9.17, 15) is 22.4 Å². The fourth-order valence-electron chi connectivity index (χ4n) is 5.53. The largest absolute Gasteiger partial charge is 0.493 e. The van der Waals surface area contributed by atoms with E-state index >= 15 is 0 Å². The van der Waals surface area contributed by atoms with Crippen LogP contribution in [-0.2, 0) is 26.2 Å². The van der Waals surface area contributed by atoms with Gasteiger partial charge in [0, 0.05) is 18.7 Å². The monoisotopic (exact) mass is 625 g/mol. The average Bonchev–Trinajstić information content (AvgIpc) is 3.52. The molecule has 4 rings (SSSR count). The number of sulfonamides is 1. The number of hydrogen-bond donors (Lipinski definition) is 1. The Labute approximate surface area is 259 Å². The van der Waals surface area contributed by atoms with Crippen LogP contribution in [0.5, 0.6) is 11.5 Å². The molecule has 1 fully saturated rings. The Morgan fingerprint density at radius 3 is 2.27 bits per heavy atom. The molecule has 0 aliphatic heterocycles. The van der Waals surface area contributed by atoms with Crippen molar-refractivity contribution in [2.45, 2.75) is 69.5 Å². The third kappa shape index (κ3) is 7.68. The second-order valence-electron chi connectivity index (χ2n) is 10.9. The van der Waals surface area contributed by atoms with Crippen LogP contribution in [-0.4, -0.2) is 58.0 Å². The SMILES string of the molecule is CC[C@H](C(=O)NC1CCCC1)N(Cc1cccc(C)c1)C(=O)CN(c1ccc(F)cc1)S(=O)(=O)c1ccc(OC)c(OC)c1. The number of amides is 2. The van der Waals surface area contributed by atoms with E-state index in [0.717, 1.165) is 53.2 Å². The summed E-state index contributed by atoms with van der Waals surface area (Å²) in [5.74, 6) is -0.877. The van der Waals surface area contributed by atoms with Crippen molar-refractivity contribution >= 4 is 27.5 Å². The maximum atomic E-state index is 14.2. The zero-order valence-corrected chi connectivity index (χ0v) is 26.4. The molecule has 0 bridgehead atoms. The minimum Gasteiger partial charge on any atom is -0.493 e. The summed E-state index contributed by atoms with van der Waals surface area (Å²) in [6.45, 7) is 3.24. The molecule has 1 aliphatic rings. The van der Waals surface area contributed by atoms with Gasteiger partial charge in [0.1, 0.15) is 18.4 Å². The first-order valence-corrected chi connectivity index (χ1v) is 16.2. The predicted molar refractivity (Wildman–Crippen MR) is 167 cm³/mol. The number of rotatable bonds is 13. The second-order valence-corrected chi connectivity index (χ2v) is 12.8. The first-order chi connectivity index (χ1) is 21.1. The van der Waals surface area contributed by atoms with E-state index in [1.807, 2.05) is 38.1 Å². The first-order valence-electron chi connectivity index (χ1n) is 14.7. The highest BCUT2D eigenvalue weighted by atomic mass is 32.2. The lowest BCUT2D eigenvalue weighted by Gasteiger charge is -2.34. The molecule has 11 heteroatoms. The summed E-state index contributed by atoms with van der Waals surface area (Å²) in [4.78, 5) is 29.1. The fourth-order valence-corrected chi connectivity index (χ4v) is 6.96. The van der Waals surface area contributed by atoms with Gasteiger partial charge in [-0.1, -0.05) is 49.6 Å². The molecule has 3 aromatic carbocycles. The Bertz CT molecular complexity index is 1560. The maximum Gasteiger partial charge on any atom is 0.264 e. The van der Waals surface area contributed by atoms with E-state index in [-0.39, 0.29) is 34.8 Å². The molecule has 0 aromatic heterocycles. The van der Waals surface area contributed by atoms with Gasteiger partial charge in [-0.05, 0) is 68.1 Å². The van der Waals surface area contributed by atoms with E-state index in [1.54, 1.807) is 0 Å². The highest BCUT2D eigenvalue weighted by molar-refractivity contribution is 7.92. The van der Waals surface area contributed by atoms with Crippen LogP contribution in [0.3, 0.4) is 0 Å². The second kappa shape index (κ2) is 14.6. The predicted octanol–water partition coefficient (Wildman–Crippen LogP) is 5.21. The Morgan fingerprint density at radius 1 is 0.977 bits per heavy atom. The van der Waals surface area contributed by atoms with Gasteiger partial charge in [-0.2, -0.15) is 0 Å². The van der Waals surface area contributed by atoms with Crippen LogP contribution >= 0.6 is 0 Å². The van der Waals surface area contributed by atoms with Gasteiger partial charge in [0.2, 0.25) is 11.8 Å². The lowest BCUT2D eigenvalue weighted by Crippen LogP contribution is -2.53. The number of benzene rings is 3. The number of carbonyl (C=O) groups excluding carboxylic acids is 2. The molecular formula is C33H40FN3O6S. The minimum atomic E-state index is -4.38. The molecule has 44 heavy (non-hydrogen) atoms. The quantitative estimate of drug-likeness (QED) is 0.280. The summed E-state index contributed by atoms with van der Waals surface area (Å²) in [5, 5.41) is 3.10. The van der Waals surface area contributed by atoms with Gasteiger partial charge in [0.25, 0.3) is 10.0 Å². The third-order valence-electron chi connectivity index (χ3n) is 7.86. The highest BCUT2D eigenvalue weighted by Gasteiger charge is 2.35. The van der Waals surface area contributed by atoms with Crippen LogP contribution in [0, 0.1) is 12.7 Å². The molecule has 1 saturated carbocycles. The molecule has 0 unspecified atom stereocenters. The minimum absolute atomic E-state index is 0.0496. The number of anilines is 1. The standard InChI is InChI=1S/C33H40FN3O6S/c1-5-29(33(39)35-26-11-6-7-12-26)36(21-24-10-8-9-23(2)19-24)32(38)22-37(27-15-13-25(34)14-16-27)44(40,41)28-17-18-30(42-3)31(20-28)43-4/h8-10,13-20,26,29H,5-7,11-12,21-22H2,1-4H3,(H,35,39)/t29-/m1/s1. The van der Waals surface area contributed by atoms with Gasteiger partial charge in [0.15, 0.2) is 11.5 Å². The number of aryl methyl sites for hydroxylation is 1. The number of ether oxygens (including phenoxy) is 2. The molecule has 1 aliphatic carbocycles. The van der Waals surface area contributed by atoms with E-state index in [1.165, 1.54) is 49.5 Å². The average molecular weight is 626 g/mol. The van der Waals surface area contributed by atoms with E-state index in [4.69, 9.17) is 9.47 Å². The van der Waals surface area contributed by atoms with Crippen LogP contribution < -0.4 is 19.1 Å². The molecule has 2 amide bonds.